The van der Waals surface area contributed by atoms with Gasteiger partial charge < -0.3 is 61.9 Å². The summed E-state index contributed by atoms with van der Waals surface area (Å²) in [4.78, 5) is 73.1. The van der Waals surface area contributed by atoms with Crippen molar-refractivity contribution in [1.82, 2.24) is 18.9 Å². The Kier molecular flexibility index (Phi) is 11.1. The summed E-state index contributed by atoms with van der Waals surface area (Å²) in [7, 11) is 0. The second kappa shape index (κ2) is 16.7. The first-order chi connectivity index (χ1) is 29.7. The molecule has 22 heteroatoms. The molecule has 4 aliphatic rings. The second-order valence-electron chi connectivity index (χ2n) is 15.6. The zero-order valence-electron chi connectivity index (χ0n) is 33.6. The number of carboxylic acid groups (broad SMARTS) is 2. The minimum Gasteiger partial charge on any atom is -0.477 e. The number of nitrogens with zero attached hydrogens (tertiary/aromatic N) is 10. The third kappa shape index (κ3) is 8.39. The molecule has 0 atom stereocenters. The molecule has 0 amide bonds. The molecule has 2 aromatic heterocycles. The van der Waals surface area contributed by atoms with Gasteiger partial charge in [0.1, 0.15) is 22.8 Å². The fourth-order valence-electron chi connectivity index (χ4n) is 7.95. The maximum absolute atomic E-state index is 15.4. The van der Waals surface area contributed by atoms with Gasteiger partial charge in [0.15, 0.2) is 11.9 Å². The van der Waals surface area contributed by atoms with Crippen LogP contribution in [0.4, 0.5) is 20.2 Å². The average Bonchev–Trinajstić information content (AvgIpc) is 4.18. The molecule has 10 N–H and O–H groups in total. The molecule has 2 aliphatic heterocycles. The maximum Gasteiger partial charge on any atom is 0.341 e. The highest BCUT2D eigenvalue weighted by atomic mass is 19.1. The fraction of sp³-hybridized carbons (Fsp3) is 0.400. The number of guanidine groups is 4. The molecular formula is C40H46F2N14O6. The Morgan fingerprint density at radius 1 is 0.597 bits per heavy atom. The van der Waals surface area contributed by atoms with Gasteiger partial charge in [-0.05, 0) is 49.9 Å². The van der Waals surface area contributed by atoms with Gasteiger partial charge >= 0.3 is 11.9 Å². The lowest BCUT2D eigenvalue weighted by Gasteiger charge is -2.36. The number of hydrogen-bond acceptors (Lipinski definition) is 8. The van der Waals surface area contributed by atoms with Gasteiger partial charge in [-0.3, -0.25) is 9.59 Å². The van der Waals surface area contributed by atoms with Crippen molar-refractivity contribution < 1.29 is 28.6 Å². The Morgan fingerprint density at radius 2 is 0.952 bits per heavy atom. The van der Waals surface area contributed by atoms with Crippen molar-refractivity contribution in [1.29, 1.82) is 0 Å². The normalized spacial score (nSPS) is 18.3. The van der Waals surface area contributed by atoms with Gasteiger partial charge in [-0.25, -0.2) is 28.4 Å². The standard InChI is InChI=1S/C40H46F2N14O6/c41-27-15-23-29(55(21-1-2-21)19-25(33(23)57)35(59)60)17-31(27)51-7-11-53(12-8-51)39(45)49-37(43)47-5-6-48-38(44)50-40(46)54-13-9-52(10-14-54)32-18-30-24(16-28(32)42)34(58)26(36(61)62)20-56(30)22-3-4-22/h15-22H,1-14H2,(H,59,60)(H,61,62)(H4,43,45,47,49)(H4,44,46,48,50). The topological polar surface area (TPSA) is 285 Å². The predicted molar refractivity (Wildman–Crippen MR) is 231 cm³/mol. The van der Waals surface area contributed by atoms with Crippen molar-refractivity contribution >= 4 is 69.0 Å². The Morgan fingerprint density at radius 3 is 1.27 bits per heavy atom. The quantitative estimate of drug-likeness (QED) is 0.0774. The van der Waals surface area contributed by atoms with E-state index < -0.39 is 34.4 Å². The highest BCUT2D eigenvalue weighted by Crippen LogP contribution is 2.39. The first-order valence-corrected chi connectivity index (χ1v) is 20.2. The van der Waals surface area contributed by atoms with E-state index in [4.69, 9.17) is 22.9 Å². The van der Waals surface area contributed by atoms with Crippen molar-refractivity contribution in [2.24, 2.45) is 42.9 Å². The van der Waals surface area contributed by atoms with Crippen LogP contribution in [0, 0.1) is 11.6 Å². The maximum atomic E-state index is 15.4. The lowest BCUT2D eigenvalue weighted by Crippen LogP contribution is -2.51. The number of hydrogen-bond donors (Lipinski definition) is 6. The van der Waals surface area contributed by atoms with E-state index in [2.05, 4.69) is 20.0 Å². The van der Waals surface area contributed by atoms with Crippen molar-refractivity contribution in [3.05, 3.63) is 79.9 Å². The Balaban J connectivity index is 0.830. The van der Waals surface area contributed by atoms with Crippen LogP contribution in [0.5, 0.6) is 0 Å². The number of nitrogens with two attached hydrogens (primary N) is 4. The molecule has 4 aromatic rings. The van der Waals surface area contributed by atoms with Gasteiger partial charge in [-0.15, -0.1) is 0 Å². The number of aromatic carboxylic acids is 2. The van der Waals surface area contributed by atoms with Crippen molar-refractivity contribution in [3.63, 3.8) is 0 Å². The summed E-state index contributed by atoms with van der Waals surface area (Å²) in [5, 5.41) is 19.1. The number of rotatable bonds is 9. The molecule has 0 radical (unpaired) electrons. The summed E-state index contributed by atoms with van der Waals surface area (Å²) in [6.07, 6.45) is 6.07. The molecule has 20 nitrogen and oxygen atoms in total. The SMILES string of the molecule is NC(=NCCN=C(N)N=C(N)N1CCN(c2cc3c(cc2F)c(=O)c(C(=O)O)cn3C2CC2)CC1)N=C(N)N1CCN(c2cc3c(cc2F)c(=O)c(C(=O)O)cn3C2CC2)CC1. The summed E-state index contributed by atoms with van der Waals surface area (Å²) in [6, 6.07) is 5.58. The molecule has 8 rings (SSSR count). The van der Waals surface area contributed by atoms with Crippen LogP contribution in [-0.4, -0.2) is 130 Å². The number of aromatic nitrogens is 2. The van der Waals surface area contributed by atoms with E-state index in [-0.39, 0.29) is 70.9 Å². The Labute approximate surface area is 351 Å². The first kappa shape index (κ1) is 41.5. The molecule has 2 saturated heterocycles. The second-order valence-corrected chi connectivity index (χ2v) is 15.6. The van der Waals surface area contributed by atoms with Crippen LogP contribution in [0.15, 0.2) is 66.2 Å². The lowest BCUT2D eigenvalue weighted by molar-refractivity contribution is 0.0684. The zero-order chi connectivity index (χ0) is 44.0. The molecule has 4 fully saturated rings. The molecular weight excluding hydrogens is 811 g/mol. The van der Waals surface area contributed by atoms with E-state index in [1.54, 1.807) is 31.1 Å². The largest absolute Gasteiger partial charge is 0.477 e. The highest BCUT2D eigenvalue weighted by Gasteiger charge is 2.31. The van der Waals surface area contributed by atoms with E-state index in [9.17, 15) is 29.4 Å². The smallest absolute Gasteiger partial charge is 0.341 e. The number of anilines is 2. The zero-order valence-corrected chi connectivity index (χ0v) is 33.6. The molecule has 2 saturated carbocycles. The number of fused-ring (bicyclic) bond motifs is 2. The van der Waals surface area contributed by atoms with Crippen LogP contribution in [0.25, 0.3) is 21.8 Å². The monoisotopic (exact) mass is 856 g/mol. The van der Waals surface area contributed by atoms with Crippen molar-refractivity contribution in [2.45, 2.75) is 37.8 Å². The van der Waals surface area contributed by atoms with Crippen LogP contribution in [0.2, 0.25) is 0 Å². The first-order valence-electron chi connectivity index (χ1n) is 20.2. The van der Waals surface area contributed by atoms with Crippen molar-refractivity contribution in [3.8, 4) is 0 Å². The number of pyridine rings is 2. The van der Waals surface area contributed by atoms with E-state index in [1.807, 2.05) is 9.80 Å². The number of aliphatic imine (C=N–C) groups is 4. The predicted octanol–water partition coefficient (Wildman–Crippen LogP) is 0.864. The molecule has 2 aliphatic carbocycles. The third-order valence-electron chi connectivity index (χ3n) is 11.5. The van der Waals surface area contributed by atoms with E-state index in [1.165, 1.54) is 12.4 Å². The molecule has 0 spiro atoms. The van der Waals surface area contributed by atoms with Gasteiger partial charge in [0, 0.05) is 87.6 Å². The van der Waals surface area contributed by atoms with Crippen LogP contribution in [0.1, 0.15) is 58.5 Å². The number of carboxylic acids is 2. The number of piperazine rings is 2. The minimum atomic E-state index is -1.35. The van der Waals surface area contributed by atoms with Gasteiger partial charge in [-0.2, -0.15) is 9.98 Å². The summed E-state index contributed by atoms with van der Waals surface area (Å²) >= 11 is 0. The molecule has 326 valence electrons. The molecule has 0 unspecified atom stereocenters. The number of halogens is 2. The lowest BCUT2D eigenvalue weighted by atomic mass is 10.1. The van der Waals surface area contributed by atoms with Crippen LogP contribution in [0.3, 0.4) is 0 Å². The molecule has 2 aromatic carbocycles. The molecule has 4 heterocycles. The fourth-order valence-corrected chi connectivity index (χ4v) is 7.95. The molecule has 62 heavy (non-hydrogen) atoms. The minimum absolute atomic E-state index is 0.0308. The number of benzene rings is 2. The number of carbonyl (C=O) groups is 2. The van der Waals surface area contributed by atoms with Crippen LogP contribution in [-0.2, 0) is 0 Å². The average molecular weight is 857 g/mol. The van der Waals surface area contributed by atoms with Gasteiger partial charge in [0.2, 0.25) is 22.8 Å². The van der Waals surface area contributed by atoms with E-state index >= 15 is 8.78 Å². The third-order valence-corrected chi connectivity index (χ3v) is 11.5. The van der Waals surface area contributed by atoms with Gasteiger partial charge in [0.25, 0.3) is 0 Å². The van der Waals surface area contributed by atoms with Crippen LogP contribution >= 0.6 is 0 Å². The van der Waals surface area contributed by atoms with E-state index in [0.29, 0.717) is 74.8 Å². The van der Waals surface area contributed by atoms with Crippen LogP contribution < -0.4 is 43.6 Å². The van der Waals surface area contributed by atoms with E-state index in [0.717, 1.165) is 37.8 Å². The Hall–Kier alpha value is -7.26. The Bertz CT molecular complexity index is 2540. The summed E-state index contributed by atoms with van der Waals surface area (Å²) in [6.45, 7) is 3.35. The summed E-state index contributed by atoms with van der Waals surface area (Å²) in [5.41, 5.74) is 23.9. The van der Waals surface area contributed by atoms with Gasteiger partial charge in [0.05, 0.1) is 35.5 Å². The molecule has 0 bridgehead atoms. The van der Waals surface area contributed by atoms with Crippen molar-refractivity contribution in [2.75, 3.05) is 75.2 Å². The highest BCUT2D eigenvalue weighted by molar-refractivity contribution is 5.96. The van der Waals surface area contributed by atoms with Gasteiger partial charge in [-0.1, -0.05) is 0 Å². The summed E-state index contributed by atoms with van der Waals surface area (Å²) < 4.78 is 34.4. The summed E-state index contributed by atoms with van der Waals surface area (Å²) in [5.74, 6) is -3.85.